The second-order valence-corrected chi connectivity index (χ2v) is 9.66. The minimum absolute atomic E-state index is 0.175. The second-order valence-electron chi connectivity index (χ2n) is 9.66. The van der Waals surface area contributed by atoms with Crippen molar-refractivity contribution in [1.29, 1.82) is 0 Å². The first-order valence-corrected chi connectivity index (χ1v) is 11.6. The number of hydrogen-bond acceptors (Lipinski definition) is 4. The van der Waals surface area contributed by atoms with Gasteiger partial charge in [-0.05, 0) is 63.9 Å². The van der Waals surface area contributed by atoms with Crippen LogP contribution in [0.25, 0.3) is 5.69 Å². The quantitative estimate of drug-likeness (QED) is 0.502. The van der Waals surface area contributed by atoms with Crippen LogP contribution in [-0.4, -0.2) is 45.4 Å². The van der Waals surface area contributed by atoms with Gasteiger partial charge in [0.05, 0.1) is 28.8 Å². The Morgan fingerprint density at radius 1 is 1.03 bits per heavy atom. The molecule has 0 aliphatic carbocycles. The molecule has 0 saturated carbocycles. The lowest BCUT2D eigenvalue weighted by molar-refractivity contribution is 0.0203. The van der Waals surface area contributed by atoms with Crippen molar-refractivity contribution in [1.82, 2.24) is 14.7 Å². The van der Waals surface area contributed by atoms with E-state index >= 15 is 0 Å². The predicted molar refractivity (Wildman–Crippen MR) is 128 cm³/mol. The first kappa shape index (κ1) is 25.3. The van der Waals surface area contributed by atoms with Gasteiger partial charge in [0.2, 0.25) is 0 Å². The maximum Gasteiger partial charge on any atom is 0.410 e. The Morgan fingerprint density at radius 3 is 2.36 bits per heavy atom. The van der Waals surface area contributed by atoms with Gasteiger partial charge in [-0.1, -0.05) is 6.07 Å². The summed E-state index contributed by atoms with van der Waals surface area (Å²) in [7, 11) is 0. The molecule has 0 atom stereocenters. The molecule has 0 spiro atoms. The molecule has 2 amide bonds. The number of nitrogens with zero attached hydrogens (tertiary/aromatic N) is 3. The minimum atomic E-state index is -0.909. The molecule has 3 aromatic rings. The van der Waals surface area contributed by atoms with Crippen LogP contribution in [0.4, 0.5) is 23.7 Å². The van der Waals surface area contributed by atoms with E-state index in [4.69, 9.17) is 4.74 Å². The topological polar surface area (TPSA) is 76.5 Å². The second kappa shape index (κ2) is 10.0. The maximum atomic E-state index is 14.2. The maximum absolute atomic E-state index is 14.2. The fourth-order valence-corrected chi connectivity index (χ4v) is 4.18. The fraction of sp³-hybridized carbons (Fsp3) is 0.346. The van der Waals surface area contributed by atoms with E-state index in [1.54, 1.807) is 31.7 Å². The summed E-state index contributed by atoms with van der Waals surface area (Å²) in [6, 6.07) is 8.66. The van der Waals surface area contributed by atoms with E-state index in [1.165, 1.54) is 29.1 Å². The number of hydrogen-bond donors (Lipinski definition) is 1. The van der Waals surface area contributed by atoms with Crippen molar-refractivity contribution in [3.63, 3.8) is 0 Å². The van der Waals surface area contributed by atoms with E-state index in [2.05, 4.69) is 10.4 Å². The summed E-state index contributed by atoms with van der Waals surface area (Å²) >= 11 is 0. The zero-order valence-corrected chi connectivity index (χ0v) is 20.2. The van der Waals surface area contributed by atoms with Gasteiger partial charge in [0, 0.05) is 25.1 Å². The number of ether oxygens (including phenoxy) is 1. The molecule has 36 heavy (non-hydrogen) atoms. The number of carbonyl (C=O) groups excluding carboxylic acids is 2. The van der Waals surface area contributed by atoms with Gasteiger partial charge in [0.25, 0.3) is 5.91 Å². The number of benzene rings is 2. The van der Waals surface area contributed by atoms with Gasteiger partial charge < -0.3 is 15.0 Å². The van der Waals surface area contributed by atoms with Crippen molar-refractivity contribution in [2.45, 2.75) is 45.1 Å². The molecule has 2 aromatic carbocycles. The number of halogens is 3. The van der Waals surface area contributed by atoms with Crippen LogP contribution in [0, 0.1) is 17.5 Å². The van der Waals surface area contributed by atoms with Crippen LogP contribution >= 0.6 is 0 Å². The number of aromatic nitrogens is 2. The molecule has 10 heteroatoms. The van der Waals surface area contributed by atoms with Gasteiger partial charge >= 0.3 is 6.09 Å². The van der Waals surface area contributed by atoms with Crippen LogP contribution in [-0.2, 0) is 4.74 Å². The first-order chi connectivity index (χ1) is 17.0. The molecule has 1 aliphatic rings. The van der Waals surface area contributed by atoms with Crippen LogP contribution in [0.15, 0.2) is 48.7 Å². The summed E-state index contributed by atoms with van der Waals surface area (Å²) in [5, 5.41) is 6.80. The van der Waals surface area contributed by atoms with E-state index in [0.717, 1.165) is 12.1 Å². The normalized spacial score (nSPS) is 14.6. The highest BCUT2D eigenvalue weighted by molar-refractivity contribution is 6.05. The lowest BCUT2D eigenvalue weighted by Crippen LogP contribution is -2.41. The van der Waals surface area contributed by atoms with Gasteiger partial charge in [-0.25, -0.2) is 22.6 Å². The Kier molecular flexibility index (Phi) is 7.05. The van der Waals surface area contributed by atoms with Crippen LogP contribution in [0.1, 0.15) is 55.6 Å². The molecule has 1 fully saturated rings. The third kappa shape index (κ3) is 5.69. The van der Waals surface area contributed by atoms with Crippen molar-refractivity contribution in [2.24, 2.45) is 0 Å². The van der Waals surface area contributed by atoms with Crippen molar-refractivity contribution >= 4 is 17.7 Å². The predicted octanol–water partition coefficient (Wildman–Crippen LogP) is 5.66. The molecule has 2 heterocycles. The van der Waals surface area contributed by atoms with E-state index in [1.807, 2.05) is 0 Å². The SMILES string of the molecule is CC(C)(C)OC(=O)N1CCC(c2c(C(=O)Nc3ccc(F)cc3F)cnn2-c2cccc(F)c2)CC1. The van der Waals surface area contributed by atoms with E-state index in [0.29, 0.717) is 43.4 Å². The summed E-state index contributed by atoms with van der Waals surface area (Å²) in [4.78, 5) is 27.3. The highest BCUT2D eigenvalue weighted by Crippen LogP contribution is 2.33. The van der Waals surface area contributed by atoms with Crippen molar-refractivity contribution in [3.8, 4) is 5.69 Å². The molecule has 190 valence electrons. The third-order valence-electron chi connectivity index (χ3n) is 5.82. The number of likely N-dealkylation sites (tertiary alicyclic amines) is 1. The van der Waals surface area contributed by atoms with Crippen molar-refractivity contribution in [3.05, 3.63) is 77.4 Å². The standard InChI is InChI=1S/C26H27F3N4O3/c1-26(2,3)36-25(35)32-11-9-16(10-12-32)23-20(15-30-33(23)19-6-4-5-17(27)13-19)24(34)31-22-8-7-18(28)14-21(22)29/h4-8,13-16H,9-12H2,1-3H3,(H,31,34). The number of anilines is 1. The average molecular weight is 501 g/mol. The molecule has 1 N–H and O–H groups in total. The van der Waals surface area contributed by atoms with E-state index in [-0.39, 0.29) is 17.2 Å². The van der Waals surface area contributed by atoms with Gasteiger partial charge in [0.15, 0.2) is 0 Å². The Bertz CT molecular complexity index is 1280. The van der Waals surface area contributed by atoms with Crippen LogP contribution in [0.3, 0.4) is 0 Å². The summed E-state index contributed by atoms with van der Waals surface area (Å²) in [5.74, 6) is -2.97. The molecule has 0 unspecified atom stereocenters. The van der Waals surface area contributed by atoms with Crippen molar-refractivity contribution in [2.75, 3.05) is 18.4 Å². The minimum Gasteiger partial charge on any atom is -0.444 e. The van der Waals surface area contributed by atoms with Gasteiger partial charge in [-0.3, -0.25) is 4.79 Å². The molecular formula is C26H27F3N4O3. The monoisotopic (exact) mass is 500 g/mol. The highest BCUT2D eigenvalue weighted by Gasteiger charge is 2.32. The molecule has 1 aromatic heterocycles. The number of rotatable bonds is 4. The Labute approximate surface area is 206 Å². The van der Waals surface area contributed by atoms with Crippen LogP contribution in [0.5, 0.6) is 0 Å². The Morgan fingerprint density at radius 2 is 1.72 bits per heavy atom. The summed E-state index contributed by atoms with van der Waals surface area (Å²) in [5.41, 5.74) is 0.325. The fourth-order valence-electron chi connectivity index (χ4n) is 4.18. The van der Waals surface area contributed by atoms with Gasteiger partial charge in [-0.2, -0.15) is 5.10 Å². The number of carbonyl (C=O) groups is 2. The summed E-state index contributed by atoms with van der Waals surface area (Å²) in [6.45, 7) is 6.17. The van der Waals surface area contributed by atoms with Gasteiger partial charge in [-0.15, -0.1) is 0 Å². The number of piperidine rings is 1. The smallest absolute Gasteiger partial charge is 0.410 e. The lowest BCUT2D eigenvalue weighted by atomic mass is 9.90. The van der Waals surface area contributed by atoms with Crippen LogP contribution < -0.4 is 5.32 Å². The van der Waals surface area contributed by atoms with Crippen molar-refractivity contribution < 1.29 is 27.5 Å². The summed E-state index contributed by atoms with van der Waals surface area (Å²) < 4.78 is 48.4. The highest BCUT2D eigenvalue weighted by atomic mass is 19.1. The summed E-state index contributed by atoms with van der Waals surface area (Å²) in [6.07, 6.45) is 1.94. The zero-order chi connectivity index (χ0) is 26.0. The van der Waals surface area contributed by atoms with Crippen LogP contribution in [0.2, 0.25) is 0 Å². The number of nitrogens with one attached hydrogen (secondary N) is 1. The molecular weight excluding hydrogens is 473 g/mol. The molecule has 7 nitrogen and oxygen atoms in total. The largest absolute Gasteiger partial charge is 0.444 e. The van der Waals surface area contributed by atoms with E-state index < -0.39 is 35.1 Å². The zero-order valence-electron chi connectivity index (χ0n) is 20.2. The lowest BCUT2D eigenvalue weighted by Gasteiger charge is -2.34. The Balaban J connectivity index is 1.63. The molecule has 0 bridgehead atoms. The first-order valence-electron chi connectivity index (χ1n) is 11.6. The molecule has 4 rings (SSSR count). The van der Waals surface area contributed by atoms with E-state index in [9.17, 15) is 22.8 Å². The average Bonchev–Trinajstić information content (AvgIpc) is 3.25. The van der Waals surface area contributed by atoms with Gasteiger partial charge in [0.1, 0.15) is 23.1 Å². The Hall–Kier alpha value is -3.82. The third-order valence-corrected chi connectivity index (χ3v) is 5.82. The molecule has 1 saturated heterocycles. The number of amides is 2. The molecule has 0 radical (unpaired) electrons. The molecule has 1 aliphatic heterocycles.